The number of nitriles is 1. The molecule has 0 saturated carbocycles. The highest BCUT2D eigenvalue weighted by atomic mass is 32.1. The zero-order chi connectivity index (χ0) is 20.5. The predicted molar refractivity (Wildman–Crippen MR) is 95.2 cm³/mol. The number of carbonyl (C=O) groups is 1. The van der Waals surface area contributed by atoms with E-state index in [1.165, 1.54) is 23.1 Å². The summed E-state index contributed by atoms with van der Waals surface area (Å²) < 4.78 is 38.5. The van der Waals surface area contributed by atoms with Crippen LogP contribution in [0.15, 0.2) is 30.3 Å². The largest absolute Gasteiger partial charge is 0.416 e. The molecular formula is C17H13F3N4O3S. The minimum Gasteiger partial charge on any atom is -0.367 e. The quantitative estimate of drug-likeness (QED) is 0.571. The maximum Gasteiger partial charge on any atom is 0.416 e. The number of carbonyl (C=O) groups excluding carboxylic acids is 1. The van der Waals surface area contributed by atoms with Gasteiger partial charge in [-0.2, -0.15) is 18.4 Å². The van der Waals surface area contributed by atoms with Crippen LogP contribution >= 0.6 is 11.3 Å². The second-order valence-corrected chi connectivity index (χ2v) is 7.08. The highest BCUT2D eigenvalue weighted by Gasteiger charge is 2.32. The number of alkyl halides is 3. The molecule has 11 heteroatoms. The van der Waals surface area contributed by atoms with E-state index in [2.05, 4.69) is 0 Å². The molecule has 0 unspecified atom stereocenters. The molecule has 2 heterocycles. The van der Waals surface area contributed by atoms with E-state index in [-0.39, 0.29) is 34.4 Å². The van der Waals surface area contributed by atoms with Crippen LogP contribution in [0.25, 0.3) is 0 Å². The molecule has 1 amide bonds. The highest BCUT2D eigenvalue weighted by Crippen LogP contribution is 2.33. The van der Waals surface area contributed by atoms with E-state index in [0.717, 1.165) is 23.5 Å². The number of halogens is 3. The van der Waals surface area contributed by atoms with Crippen LogP contribution in [0.1, 0.15) is 20.8 Å². The SMILES string of the molecule is N#Cc1cc(C(F)(F)F)ccc1N1CCN(C(=O)c2ccc([N+](=O)[O-])s2)CC1. The van der Waals surface area contributed by atoms with Gasteiger partial charge in [0.1, 0.15) is 6.07 Å². The topological polar surface area (TPSA) is 90.5 Å². The van der Waals surface area contributed by atoms with E-state index >= 15 is 0 Å². The molecule has 3 rings (SSSR count). The van der Waals surface area contributed by atoms with Crippen molar-refractivity contribution in [3.8, 4) is 6.07 Å². The van der Waals surface area contributed by atoms with Gasteiger partial charge in [-0.1, -0.05) is 11.3 Å². The Morgan fingerprint density at radius 1 is 1.18 bits per heavy atom. The number of hydrogen-bond donors (Lipinski definition) is 0. The van der Waals surface area contributed by atoms with Crippen molar-refractivity contribution < 1.29 is 22.9 Å². The van der Waals surface area contributed by atoms with Crippen LogP contribution in [0.2, 0.25) is 0 Å². The molecule has 0 N–H and O–H groups in total. The number of benzene rings is 1. The molecular weight excluding hydrogens is 397 g/mol. The molecule has 0 bridgehead atoms. The number of nitrogens with zero attached hydrogens (tertiary/aromatic N) is 4. The van der Waals surface area contributed by atoms with E-state index in [4.69, 9.17) is 0 Å². The third-order valence-electron chi connectivity index (χ3n) is 4.33. The lowest BCUT2D eigenvalue weighted by Gasteiger charge is -2.36. The standard InChI is InChI=1S/C17H13F3N4O3S/c18-17(19,20)12-1-2-13(11(9-12)10-21)22-5-7-23(8-6-22)16(25)14-3-4-15(28-14)24(26)27/h1-4,9H,5-8H2. The summed E-state index contributed by atoms with van der Waals surface area (Å²) in [5.74, 6) is -0.328. The number of hydrogen-bond acceptors (Lipinski definition) is 6. The smallest absolute Gasteiger partial charge is 0.367 e. The normalized spacial score (nSPS) is 14.6. The summed E-state index contributed by atoms with van der Waals surface area (Å²) in [6, 6.07) is 7.48. The molecule has 0 spiro atoms. The van der Waals surface area contributed by atoms with Crippen molar-refractivity contribution in [1.82, 2.24) is 4.90 Å². The highest BCUT2D eigenvalue weighted by molar-refractivity contribution is 7.17. The van der Waals surface area contributed by atoms with Crippen LogP contribution < -0.4 is 4.90 Å². The van der Waals surface area contributed by atoms with Gasteiger partial charge >= 0.3 is 11.2 Å². The number of anilines is 1. The lowest BCUT2D eigenvalue weighted by atomic mass is 10.1. The average molecular weight is 410 g/mol. The summed E-state index contributed by atoms with van der Waals surface area (Å²) in [7, 11) is 0. The van der Waals surface area contributed by atoms with Gasteiger partial charge in [-0.3, -0.25) is 14.9 Å². The van der Waals surface area contributed by atoms with Gasteiger partial charge in [0, 0.05) is 32.2 Å². The van der Waals surface area contributed by atoms with E-state index < -0.39 is 16.7 Å². The molecule has 7 nitrogen and oxygen atoms in total. The Labute approximate surface area is 161 Å². The lowest BCUT2D eigenvalue weighted by Crippen LogP contribution is -2.48. The van der Waals surface area contributed by atoms with Crippen molar-refractivity contribution in [1.29, 1.82) is 5.26 Å². The molecule has 1 aromatic carbocycles. The Hall–Kier alpha value is -3.13. The third kappa shape index (κ3) is 3.91. The number of nitro groups is 1. The number of amides is 1. The van der Waals surface area contributed by atoms with Crippen molar-refractivity contribution in [2.45, 2.75) is 6.18 Å². The molecule has 1 aromatic heterocycles. The second-order valence-electron chi connectivity index (χ2n) is 6.02. The van der Waals surface area contributed by atoms with Gasteiger partial charge in [0.05, 0.1) is 26.6 Å². The molecule has 1 aliphatic rings. The summed E-state index contributed by atoms with van der Waals surface area (Å²) in [5.41, 5.74) is -0.584. The first-order valence-electron chi connectivity index (χ1n) is 8.10. The summed E-state index contributed by atoms with van der Waals surface area (Å²) in [6.07, 6.45) is -4.53. The molecule has 1 fully saturated rings. The van der Waals surface area contributed by atoms with E-state index in [1.807, 2.05) is 0 Å². The van der Waals surface area contributed by atoms with Crippen molar-refractivity contribution in [3.63, 3.8) is 0 Å². The Morgan fingerprint density at radius 3 is 2.39 bits per heavy atom. The van der Waals surface area contributed by atoms with Crippen molar-refractivity contribution in [2.24, 2.45) is 0 Å². The molecule has 2 aromatic rings. The first-order valence-corrected chi connectivity index (χ1v) is 8.92. The van der Waals surface area contributed by atoms with Gasteiger partial charge in [0.25, 0.3) is 5.91 Å². The molecule has 146 valence electrons. The van der Waals surface area contributed by atoms with Gasteiger partial charge in [-0.05, 0) is 24.3 Å². The van der Waals surface area contributed by atoms with Crippen molar-refractivity contribution >= 4 is 27.9 Å². The number of thiophene rings is 1. The molecule has 0 atom stereocenters. The fourth-order valence-electron chi connectivity index (χ4n) is 2.92. The first kappa shape index (κ1) is 19.6. The fraction of sp³-hybridized carbons (Fsp3) is 0.294. The van der Waals surface area contributed by atoms with E-state index in [1.54, 1.807) is 11.0 Å². The zero-order valence-electron chi connectivity index (χ0n) is 14.3. The van der Waals surface area contributed by atoms with Crippen LogP contribution in [-0.4, -0.2) is 41.9 Å². The third-order valence-corrected chi connectivity index (χ3v) is 5.36. The minimum absolute atomic E-state index is 0.0801. The van der Waals surface area contributed by atoms with Gasteiger partial charge < -0.3 is 9.80 Å². The maximum absolute atomic E-state index is 12.8. The Morgan fingerprint density at radius 2 is 1.86 bits per heavy atom. The van der Waals surface area contributed by atoms with Gasteiger partial charge in [0.2, 0.25) is 0 Å². The van der Waals surface area contributed by atoms with Crippen LogP contribution in [-0.2, 0) is 6.18 Å². The van der Waals surface area contributed by atoms with Crippen molar-refractivity contribution in [3.05, 3.63) is 56.5 Å². The molecule has 0 aliphatic carbocycles. The summed E-state index contributed by atoms with van der Waals surface area (Å²) in [6.45, 7) is 1.24. The van der Waals surface area contributed by atoms with Gasteiger partial charge in [-0.25, -0.2) is 0 Å². The molecule has 0 radical (unpaired) electrons. The van der Waals surface area contributed by atoms with E-state index in [0.29, 0.717) is 18.8 Å². The Balaban J connectivity index is 1.70. The Kier molecular flexibility index (Phi) is 5.24. The van der Waals surface area contributed by atoms with Crippen molar-refractivity contribution in [2.75, 3.05) is 31.1 Å². The average Bonchev–Trinajstić information content (AvgIpc) is 3.17. The monoisotopic (exact) mass is 410 g/mol. The zero-order valence-corrected chi connectivity index (χ0v) is 15.1. The molecule has 1 saturated heterocycles. The van der Waals surface area contributed by atoms with E-state index in [9.17, 15) is 33.3 Å². The fourth-order valence-corrected chi connectivity index (χ4v) is 3.71. The van der Waals surface area contributed by atoms with Gasteiger partial charge in [-0.15, -0.1) is 0 Å². The summed E-state index contributed by atoms with van der Waals surface area (Å²) in [5, 5.41) is 19.8. The van der Waals surface area contributed by atoms with Crippen LogP contribution in [0.5, 0.6) is 0 Å². The molecule has 1 aliphatic heterocycles. The first-order chi connectivity index (χ1) is 13.2. The maximum atomic E-state index is 12.8. The lowest BCUT2D eigenvalue weighted by molar-refractivity contribution is -0.380. The summed E-state index contributed by atoms with van der Waals surface area (Å²) in [4.78, 5) is 26.2. The summed E-state index contributed by atoms with van der Waals surface area (Å²) >= 11 is 0.796. The number of rotatable bonds is 3. The van der Waals surface area contributed by atoms with Gasteiger partial charge in [0.15, 0.2) is 0 Å². The Bertz CT molecular complexity index is 959. The molecule has 28 heavy (non-hydrogen) atoms. The predicted octanol–water partition coefficient (Wildman–Crippen LogP) is 3.51. The minimum atomic E-state index is -4.53. The number of piperazine rings is 1. The van der Waals surface area contributed by atoms with Crippen LogP contribution in [0, 0.1) is 21.4 Å². The van der Waals surface area contributed by atoms with Crippen LogP contribution in [0.3, 0.4) is 0 Å². The second kappa shape index (κ2) is 7.47. The van der Waals surface area contributed by atoms with Crippen LogP contribution in [0.4, 0.5) is 23.9 Å².